The number of thiazole rings is 1. The summed E-state index contributed by atoms with van der Waals surface area (Å²) in [4.78, 5) is 43.6. The topological polar surface area (TPSA) is 107 Å². The highest BCUT2D eigenvalue weighted by molar-refractivity contribution is 7.09. The molecule has 12 heteroatoms. The first-order chi connectivity index (χ1) is 15.2. The molecule has 0 saturated carbocycles. The van der Waals surface area contributed by atoms with Gasteiger partial charge in [-0.2, -0.15) is 0 Å². The van der Waals surface area contributed by atoms with E-state index in [0.717, 1.165) is 9.78 Å². The first-order valence-corrected chi connectivity index (χ1v) is 10.7. The summed E-state index contributed by atoms with van der Waals surface area (Å²) in [5, 5.41) is 2.61. The lowest BCUT2D eigenvalue weighted by Gasteiger charge is -2.43. The highest BCUT2D eigenvalue weighted by Crippen LogP contribution is 2.42. The van der Waals surface area contributed by atoms with Crippen molar-refractivity contribution in [3.63, 3.8) is 0 Å². The molecule has 9 nitrogen and oxygen atoms in total. The number of nitrogens with one attached hydrogen (secondary N) is 1. The SMILES string of the molecule is CCOC(=O)[C@@H]1[C@@H](Cc2cncs2)C(=O)N1C(=O)N[C@H](C)c1ccc2c(c1)OC(F)(F)O2. The van der Waals surface area contributed by atoms with E-state index in [1.165, 1.54) is 29.5 Å². The number of rotatable bonds is 6. The second kappa shape index (κ2) is 8.34. The molecule has 1 N–H and O–H groups in total. The van der Waals surface area contributed by atoms with Crippen molar-refractivity contribution in [2.24, 2.45) is 5.92 Å². The Morgan fingerprint density at radius 1 is 1.34 bits per heavy atom. The number of hydrogen-bond donors (Lipinski definition) is 1. The van der Waals surface area contributed by atoms with Crippen LogP contribution < -0.4 is 14.8 Å². The summed E-state index contributed by atoms with van der Waals surface area (Å²) in [6.45, 7) is 3.34. The molecular formula is C20H19F2N3O6S. The van der Waals surface area contributed by atoms with Crippen LogP contribution >= 0.6 is 11.3 Å². The maximum atomic E-state index is 13.2. The van der Waals surface area contributed by atoms with Crippen molar-refractivity contribution in [1.29, 1.82) is 0 Å². The Bertz CT molecular complexity index is 1050. The van der Waals surface area contributed by atoms with Gasteiger partial charge in [0.15, 0.2) is 17.5 Å². The largest absolute Gasteiger partial charge is 0.586 e. The lowest BCUT2D eigenvalue weighted by atomic mass is 9.84. The molecule has 0 unspecified atom stereocenters. The van der Waals surface area contributed by atoms with Crippen LogP contribution in [0.25, 0.3) is 0 Å². The Balaban J connectivity index is 1.47. The van der Waals surface area contributed by atoms with Gasteiger partial charge < -0.3 is 19.5 Å². The molecule has 1 saturated heterocycles. The van der Waals surface area contributed by atoms with Crippen LogP contribution in [0.2, 0.25) is 0 Å². The number of β-lactam (4-membered cyclic amide) rings is 1. The molecule has 0 spiro atoms. The Hall–Kier alpha value is -3.28. The zero-order chi connectivity index (χ0) is 23.0. The van der Waals surface area contributed by atoms with Gasteiger partial charge in [-0.15, -0.1) is 20.1 Å². The lowest BCUT2D eigenvalue weighted by molar-refractivity contribution is -0.286. The summed E-state index contributed by atoms with van der Waals surface area (Å²) >= 11 is 1.35. The predicted octanol–water partition coefficient (Wildman–Crippen LogP) is 2.87. The zero-order valence-corrected chi connectivity index (χ0v) is 17.9. The van der Waals surface area contributed by atoms with Crippen LogP contribution in [0.1, 0.15) is 30.3 Å². The number of esters is 1. The van der Waals surface area contributed by atoms with Crippen molar-refractivity contribution in [2.45, 2.75) is 38.6 Å². The molecule has 2 aromatic rings. The number of alkyl halides is 2. The van der Waals surface area contributed by atoms with E-state index in [9.17, 15) is 23.2 Å². The Morgan fingerprint density at radius 3 is 2.78 bits per heavy atom. The number of benzene rings is 1. The second-order valence-corrected chi connectivity index (χ2v) is 8.20. The monoisotopic (exact) mass is 467 g/mol. The smallest absolute Gasteiger partial charge is 0.464 e. The maximum absolute atomic E-state index is 13.2. The molecule has 3 atom stereocenters. The van der Waals surface area contributed by atoms with Gasteiger partial charge in [0.2, 0.25) is 5.91 Å². The van der Waals surface area contributed by atoms with E-state index in [1.807, 2.05) is 0 Å². The van der Waals surface area contributed by atoms with Crippen molar-refractivity contribution >= 4 is 29.2 Å². The number of ether oxygens (including phenoxy) is 3. The number of hydrogen-bond acceptors (Lipinski definition) is 8. The van der Waals surface area contributed by atoms with Gasteiger partial charge in [-0.3, -0.25) is 9.78 Å². The summed E-state index contributed by atoms with van der Waals surface area (Å²) in [6.07, 6.45) is -1.88. The number of carbonyl (C=O) groups excluding carboxylic acids is 3. The molecule has 0 aliphatic carbocycles. The van der Waals surface area contributed by atoms with Gasteiger partial charge in [0.1, 0.15) is 0 Å². The summed E-state index contributed by atoms with van der Waals surface area (Å²) in [5.74, 6) is -2.20. The van der Waals surface area contributed by atoms with E-state index in [0.29, 0.717) is 5.56 Å². The van der Waals surface area contributed by atoms with E-state index in [2.05, 4.69) is 19.8 Å². The molecule has 2 aliphatic rings. The molecule has 1 aromatic carbocycles. The van der Waals surface area contributed by atoms with Crippen LogP contribution in [0.15, 0.2) is 29.9 Å². The molecular weight excluding hydrogens is 448 g/mol. The first kappa shape index (κ1) is 21.9. The predicted molar refractivity (Wildman–Crippen MR) is 106 cm³/mol. The van der Waals surface area contributed by atoms with Crippen LogP contribution in [0.5, 0.6) is 11.5 Å². The summed E-state index contributed by atoms with van der Waals surface area (Å²) in [6, 6.07) is 1.57. The molecule has 3 amide bonds. The van der Waals surface area contributed by atoms with Gasteiger partial charge >= 0.3 is 18.3 Å². The van der Waals surface area contributed by atoms with Crippen LogP contribution in [0.3, 0.4) is 0 Å². The number of fused-ring (bicyclic) bond motifs is 1. The molecule has 170 valence electrons. The second-order valence-electron chi connectivity index (χ2n) is 7.23. The van der Waals surface area contributed by atoms with Crippen LogP contribution in [0, 0.1) is 5.92 Å². The fourth-order valence-electron chi connectivity index (χ4n) is 3.60. The van der Waals surface area contributed by atoms with Gasteiger partial charge in [-0.1, -0.05) is 6.07 Å². The van der Waals surface area contributed by atoms with Gasteiger partial charge in [-0.05, 0) is 38.0 Å². The van der Waals surface area contributed by atoms with Crippen molar-refractivity contribution in [3.8, 4) is 11.5 Å². The fraction of sp³-hybridized carbons (Fsp3) is 0.400. The average Bonchev–Trinajstić information content (AvgIpc) is 3.34. The van der Waals surface area contributed by atoms with Crippen LogP contribution in [0.4, 0.5) is 13.6 Å². The van der Waals surface area contributed by atoms with Gasteiger partial charge in [0.25, 0.3) is 0 Å². The van der Waals surface area contributed by atoms with E-state index in [-0.39, 0.29) is 24.5 Å². The number of urea groups is 1. The van der Waals surface area contributed by atoms with Crippen molar-refractivity contribution in [3.05, 3.63) is 40.3 Å². The maximum Gasteiger partial charge on any atom is 0.586 e. The Morgan fingerprint density at radius 2 is 2.09 bits per heavy atom. The number of likely N-dealkylation sites (tertiary alicyclic amines) is 1. The van der Waals surface area contributed by atoms with Crippen LogP contribution in [-0.4, -0.2) is 46.7 Å². The lowest BCUT2D eigenvalue weighted by Crippen LogP contribution is -2.69. The molecule has 2 aliphatic heterocycles. The molecule has 1 fully saturated rings. The normalized spacial score (nSPS) is 21.6. The minimum Gasteiger partial charge on any atom is -0.464 e. The number of aromatic nitrogens is 1. The third-order valence-corrected chi connectivity index (χ3v) is 5.93. The molecule has 3 heterocycles. The Labute approximate surface area is 185 Å². The van der Waals surface area contributed by atoms with E-state index < -0.39 is 42.2 Å². The third kappa shape index (κ3) is 4.09. The van der Waals surface area contributed by atoms with E-state index >= 15 is 0 Å². The molecule has 1 aromatic heterocycles. The van der Waals surface area contributed by atoms with Crippen LogP contribution in [-0.2, 0) is 20.7 Å². The number of amides is 3. The quantitative estimate of drug-likeness (QED) is 0.514. The fourth-order valence-corrected chi connectivity index (χ4v) is 4.26. The Kier molecular flexibility index (Phi) is 5.71. The van der Waals surface area contributed by atoms with Gasteiger partial charge in [-0.25, -0.2) is 14.5 Å². The third-order valence-electron chi connectivity index (χ3n) is 5.13. The average molecular weight is 467 g/mol. The highest BCUT2D eigenvalue weighted by atomic mass is 32.1. The number of imide groups is 1. The molecule has 0 bridgehead atoms. The minimum atomic E-state index is -3.75. The first-order valence-electron chi connectivity index (χ1n) is 9.77. The van der Waals surface area contributed by atoms with Crippen molar-refractivity contribution in [2.75, 3.05) is 6.61 Å². The number of halogens is 2. The summed E-state index contributed by atoms with van der Waals surface area (Å²) < 4.78 is 40.3. The van der Waals surface area contributed by atoms with Crippen molar-refractivity contribution in [1.82, 2.24) is 15.2 Å². The minimum absolute atomic E-state index is 0.102. The zero-order valence-electron chi connectivity index (χ0n) is 17.0. The van der Waals surface area contributed by atoms with Crippen molar-refractivity contribution < 1.29 is 37.4 Å². The van der Waals surface area contributed by atoms with E-state index in [4.69, 9.17) is 4.74 Å². The molecule has 32 heavy (non-hydrogen) atoms. The summed E-state index contributed by atoms with van der Waals surface area (Å²) in [7, 11) is 0. The number of nitrogens with zero attached hydrogens (tertiary/aromatic N) is 2. The van der Waals surface area contributed by atoms with E-state index in [1.54, 1.807) is 25.6 Å². The molecule has 0 radical (unpaired) electrons. The summed E-state index contributed by atoms with van der Waals surface area (Å²) in [5.41, 5.74) is 2.06. The molecule has 4 rings (SSSR count). The number of carbonyl (C=O) groups is 3. The van der Waals surface area contributed by atoms with Gasteiger partial charge in [0, 0.05) is 11.1 Å². The highest BCUT2D eigenvalue weighted by Gasteiger charge is 2.55. The van der Waals surface area contributed by atoms with Gasteiger partial charge in [0.05, 0.1) is 24.1 Å². The standard InChI is InChI=1S/C20H19F2N3O6S/c1-3-29-18(27)16-13(7-12-8-23-9-32-12)17(26)25(16)19(28)24-10(2)11-4-5-14-15(6-11)31-20(21,22)30-14/h4-6,8-10,13,16H,3,7H2,1-2H3,(H,24,28)/t10-,13-,16+/m1/s1.